The zero-order valence-electron chi connectivity index (χ0n) is 23.8. The summed E-state index contributed by atoms with van der Waals surface area (Å²) in [6.07, 6.45) is 0. The minimum absolute atomic E-state index is 0.0424. The van der Waals surface area contributed by atoms with Crippen molar-refractivity contribution >= 4 is 22.7 Å². The van der Waals surface area contributed by atoms with Crippen LogP contribution in [0.15, 0.2) is 60.7 Å². The third-order valence-corrected chi connectivity index (χ3v) is 8.43. The van der Waals surface area contributed by atoms with E-state index in [0.29, 0.717) is 23.8 Å². The van der Waals surface area contributed by atoms with Crippen LogP contribution in [0.1, 0.15) is 35.2 Å². The number of piperazine rings is 1. The zero-order valence-corrected chi connectivity index (χ0v) is 23.8. The fraction of sp³-hybridized carbons (Fsp3) is 0.312. The standard InChI is InChI=1S/C32H33N3O6/c1-32-30-28(21-11-6-8-12-23(21)33-30)22(20-10-7-9-13-24(20)38-2)17-35(32)27(36)18-34(31(32)37)16-19-14-25(39-3)29(41-5)26(15-19)40-4/h6-15,22,33H,16-18H2,1-5H3/t22-,32+/m1/s1. The molecule has 1 saturated heterocycles. The van der Waals surface area contributed by atoms with Gasteiger partial charge in [0.1, 0.15) is 12.3 Å². The quantitative estimate of drug-likeness (QED) is 0.363. The van der Waals surface area contributed by atoms with Gasteiger partial charge in [0.05, 0.1) is 34.1 Å². The van der Waals surface area contributed by atoms with Crippen LogP contribution in [-0.2, 0) is 21.7 Å². The third-order valence-electron chi connectivity index (χ3n) is 8.43. The lowest BCUT2D eigenvalue weighted by atomic mass is 9.76. The van der Waals surface area contributed by atoms with Gasteiger partial charge in [0, 0.05) is 35.5 Å². The van der Waals surface area contributed by atoms with Gasteiger partial charge in [0.15, 0.2) is 17.0 Å². The molecule has 4 aromatic rings. The summed E-state index contributed by atoms with van der Waals surface area (Å²) in [7, 11) is 6.29. The van der Waals surface area contributed by atoms with E-state index in [1.54, 1.807) is 50.4 Å². The Morgan fingerprint density at radius 2 is 1.54 bits per heavy atom. The van der Waals surface area contributed by atoms with Crippen molar-refractivity contribution in [3.8, 4) is 23.0 Å². The lowest BCUT2D eigenvalue weighted by molar-refractivity contribution is -0.166. The number of nitrogens with one attached hydrogen (secondary N) is 1. The summed E-state index contributed by atoms with van der Waals surface area (Å²) in [5, 5.41) is 1.03. The first-order chi connectivity index (χ1) is 19.8. The van der Waals surface area contributed by atoms with Crippen LogP contribution in [0.2, 0.25) is 0 Å². The SMILES string of the molecule is COc1ccccc1[C@H]1CN2C(=O)CN(Cc3cc(OC)c(OC)c(OC)c3)C(=O)[C@]2(C)c2[nH]c3ccccc3c21. The maximum Gasteiger partial charge on any atom is 0.255 e. The van der Waals surface area contributed by atoms with Crippen LogP contribution in [0.3, 0.4) is 0 Å². The van der Waals surface area contributed by atoms with E-state index in [0.717, 1.165) is 39.0 Å². The highest BCUT2D eigenvalue weighted by Gasteiger charge is 2.56. The smallest absolute Gasteiger partial charge is 0.255 e. The molecular weight excluding hydrogens is 522 g/mol. The number of H-pyrrole nitrogens is 1. The van der Waals surface area contributed by atoms with Crippen molar-refractivity contribution in [3.05, 3.63) is 83.0 Å². The molecule has 212 valence electrons. The van der Waals surface area contributed by atoms with Gasteiger partial charge in [-0.25, -0.2) is 0 Å². The van der Waals surface area contributed by atoms with Crippen molar-refractivity contribution < 1.29 is 28.5 Å². The molecule has 0 bridgehead atoms. The average molecular weight is 556 g/mol. The summed E-state index contributed by atoms with van der Waals surface area (Å²) in [4.78, 5) is 35.3. The Morgan fingerprint density at radius 1 is 0.878 bits per heavy atom. The monoisotopic (exact) mass is 555 g/mol. The molecule has 0 unspecified atom stereocenters. The number of hydrogen-bond acceptors (Lipinski definition) is 6. The number of carbonyl (C=O) groups is 2. The van der Waals surface area contributed by atoms with Crippen molar-refractivity contribution in [3.63, 3.8) is 0 Å². The largest absolute Gasteiger partial charge is 0.496 e. The number of nitrogens with zero attached hydrogens (tertiary/aromatic N) is 2. The molecular formula is C32H33N3O6. The number of benzene rings is 3. The molecule has 2 aliphatic rings. The first kappa shape index (κ1) is 26.6. The maximum absolute atomic E-state index is 14.5. The molecule has 6 rings (SSSR count). The van der Waals surface area contributed by atoms with Crippen LogP contribution in [0.25, 0.3) is 10.9 Å². The summed E-state index contributed by atoms with van der Waals surface area (Å²) < 4.78 is 22.2. The molecule has 2 atom stereocenters. The molecule has 0 radical (unpaired) electrons. The number of aromatic nitrogens is 1. The first-order valence-electron chi connectivity index (χ1n) is 13.5. The van der Waals surface area contributed by atoms with Gasteiger partial charge in [-0.05, 0) is 42.3 Å². The highest BCUT2D eigenvalue weighted by atomic mass is 16.5. The number of amides is 2. The number of hydrogen-bond donors (Lipinski definition) is 1. The van der Waals surface area contributed by atoms with E-state index in [9.17, 15) is 9.59 Å². The van der Waals surface area contributed by atoms with E-state index in [2.05, 4.69) is 11.1 Å². The van der Waals surface area contributed by atoms with Gasteiger partial charge in [-0.3, -0.25) is 9.59 Å². The van der Waals surface area contributed by atoms with E-state index < -0.39 is 5.54 Å². The molecule has 2 amide bonds. The highest BCUT2D eigenvalue weighted by Crippen LogP contribution is 2.49. The minimum Gasteiger partial charge on any atom is -0.496 e. The fourth-order valence-corrected chi connectivity index (χ4v) is 6.49. The zero-order chi connectivity index (χ0) is 28.9. The second-order valence-electron chi connectivity index (χ2n) is 10.5. The average Bonchev–Trinajstić information content (AvgIpc) is 3.40. The summed E-state index contributed by atoms with van der Waals surface area (Å²) in [6.45, 7) is 2.37. The summed E-state index contributed by atoms with van der Waals surface area (Å²) in [6, 6.07) is 19.5. The lowest BCUT2D eigenvalue weighted by Gasteiger charge is -2.51. The molecule has 0 spiro atoms. The van der Waals surface area contributed by atoms with E-state index in [1.165, 1.54) is 0 Å². The van der Waals surface area contributed by atoms with Gasteiger partial charge >= 0.3 is 0 Å². The number of carbonyl (C=O) groups excluding carboxylic acids is 2. The van der Waals surface area contributed by atoms with Crippen molar-refractivity contribution in [1.82, 2.24) is 14.8 Å². The molecule has 9 heteroatoms. The van der Waals surface area contributed by atoms with E-state index in [1.807, 2.05) is 49.4 Å². The molecule has 2 aliphatic heterocycles. The van der Waals surface area contributed by atoms with E-state index in [-0.39, 0.29) is 30.8 Å². The van der Waals surface area contributed by atoms with Crippen LogP contribution in [-0.4, -0.2) is 68.1 Å². The van der Waals surface area contributed by atoms with Gasteiger partial charge in [-0.15, -0.1) is 0 Å². The second-order valence-corrected chi connectivity index (χ2v) is 10.5. The summed E-state index contributed by atoms with van der Waals surface area (Å²) in [5.41, 5.74) is 3.18. The Hall–Kier alpha value is -4.66. The summed E-state index contributed by atoms with van der Waals surface area (Å²) in [5.74, 6) is 1.73. The van der Waals surface area contributed by atoms with Crippen LogP contribution in [0.5, 0.6) is 23.0 Å². The van der Waals surface area contributed by atoms with E-state index >= 15 is 0 Å². The Kier molecular flexibility index (Phi) is 6.52. The Bertz CT molecular complexity index is 1640. The molecule has 0 aliphatic carbocycles. The van der Waals surface area contributed by atoms with Gasteiger partial charge in [-0.2, -0.15) is 0 Å². The van der Waals surface area contributed by atoms with Gasteiger partial charge in [-0.1, -0.05) is 36.4 Å². The number of fused-ring (bicyclic) bond motifs is 5. The number of ether oxygens (including phenoxy) is 4. The molecule has 1 N–H and O–H groups in total. The Balaban J connectivity index is 1.47. The molecule has 1 aromatic heterocycles. The van der Waals surface area contributed by atoms with Gasteiger partial charge < -0.3 is 33.7 Å². The molecule has 9 nitrogen and oxygen atoms in total. The second kappa shape index (κ2) is 10.1. The Morgan fingerprint density at radius 3 is 2.22 bits per heavy atom. The molecule has 41 heavy (non-hydrogen) atoms. The lowest BCUT2D eigenvalue weighted by Crippen LogP contribution is -2.67. The van der Waals surface area contributed by atoms with Crippen molar-refractivity contribution in [2.45, 2.75) is 24.9 Å². The molecule has 1 fully saturated rings. The fourth-order valence-electron chi connectivity index (χ4n) is 6.49. The van der Waals surface area contributed by atoms with Crippen LogP contribution < -0.4 is 18.9 Å². The number of methoxy groups -OCH3 is 4. The summed E-state index contributed by atoms with van der Waals surface area (Å²) >= 11 is 0. The molecule has 0 saturated carbocycles. The predicted octanol–water partition coefficient (Wildman–Crippen LogP) is 4.43. The topological polar surface area (TPSA) is 93.3 Å². The van der Waals surface area contributed by atoms with Crippen molar-refractivity contribution in [1.29, 1.82) is 0 Å². The molecule has 3 heterocycles. The van der Waals surface area contributed by atoms with Crippen LogP contribution in [0.4, 0.5) is 0 Å². The predicted molar refractivity (Wildman–Crippen MR) is 154 cm³/mol. The van der Waals surface area contributed by atoms with Gasteiger partial charge in [0.2, 0.25) is 11.7 Å². The maximum atomic E-state index is 14.5. The van der Waals surface area contributed by atoms with E-state index in [4.69, 9.17) is 18.9 Å². The third kappa shape index (κ3) is 3.98. The number of para-hydroxylation sites is 2. The molecule has 3 aromatic carbocycles. The van der Waals surface area contributed by atoms with Crippen molar-refractivity contribution in [2.75, 3.05) is 41.5 Å². The minimum atomic E-state index is -1.22. The first-order valence-corrected chi connectivity index (χ1v) is 13.5. The van der Waals surface area contributed by atoms with Crippen LogP contribution in [0, 0.1) is 0 Å². The van der Waals surface area contributed by atoms with Crippen LogP contribution >= 0.6 is 0 Å². The number of rotatable bonds is 7. The van der Waals surface area contributed by atoms with Crippen molar-refractivity contribution in [2.24, 2.45) is 0 Å². The normalized spacial score (nSPS) is 20.1. The number of aromatic amines is 1. The highest BCUT2D eigenvalue weighted by molar-refractivity contribution is 6.01. The van der Waals surface area contributed by atoms with Gasteiger partial charge in [0.25, 0.3) is 5.91 Å². The Labute approximate surface area is 238 Å².